The summed E-state index contributed by atoms with van der Waals surface area (Å²) >= 11 is 0. The predicted octanol–water partition coefficient (Wildman–Crippen LogP) is 2.64. The first-order valence-corrected chi connectivity index (χ1v) is 7.11. The van der Waals surface area contributed by atoms with Crippen molar-refractivity contribution in [2.75, 3.05) is 7.11 Å². The molecule has 108 valence electrons. The fourth-order valence-corrected chi connectivity index (χ4v) is 2.65. The molecule has 0 atom stereocenters. The lowest BCUT2D eigenvalue weighted by molar-refractivity contribution is -0.117. The minimum Gasteiger partial charge on any atom is -0.496 e. The zero-order valence-corrected chi connectivity index (χ0v) is 12.1. The van der Waals surface area contributed by atoms with Gasteiger partial charge in [-0.2, -0.15) is 0 Å². The third kappa shape index (κ3) is 3.38. The van der Waals surface area contributed by atoms with Crippen LogP contribution >= 0.6 is 0 Å². The van der Waals surface area contributed by atoms with Gasteiger partial charge in [-0.1, -0.05) is 19.3 Å². The van der Waals surface area contributed by atoms with Gasteiger partial charge in [0.1, 0.15) is 5.75 Å². The van der Waals surface area contributed by atoms with Gasteiger partial charge in [-0.3, -0.25) is 9.59 Å². The highest BCUT2D eigenvalue weighted by atomic mass is 16.5. The summed E-state index contributed by atoms with van der Waals surface area (Å²) < 4.78 is 5.15. The Labute approximate surface area is 119 Å². The Balaban J connectivity index is 2.02. The molecular formula is C16H21NO3. The van der Waals surface area contributed by atoms with Gasteiger partial charge in [-0.05, 0) is 43.5 Å². The van der Waals surface area contributed by atoms with Crippen LogP contribution in [0.15, 0.2) is 18.2 Å². The molecular weight excluding hydrogens is 254 g/mol. The molecule has 1 aromatic rings. The molecule has 1 aliphatic carbocycles. The first-order valence-electron chi connectivity index (χ1n) is 7.11. The third-order valence-electron chi connectivity index (χ3n) is 3.80. The molecule has 20 heavy (non-hydrogen) atoms. The van der Waals surface area contributed by atoms with Gasteiger partial charge < -0.3 is 10.1 Å². The van der Waals surface area contributed by atoms with Crippen molar-refractivity contribution in [3.8, 4) is 5.75 Å². The Morgan fingerprint density at radius 1 is 1.20 bits per heavy atom. The second kappa shape index (κ2) is 6.55. The number of carbonyl (C=O) groups is 2. The molecule has 0 heterocycles. The summed E-state index contributed by atoms with van der Waals surface area (Å²) in [6.07, 6.45) is 5.42. The largest absolute Gasteiger partial charge is 0.496 e. The number of nitrogens with one attached hydrogen (secondary N) is 1. The van der Waals surface area contributed by atoms with E-state index in [1.54, 1.807) is 25.3 Å². The number of rotatable bonds is 4. The fraction of sp³-hybridized carbons (Fsp3) is 0.500. The molecule has 1 saturated carbocycles. The Bertz CT molecular complexity index is 504. The van der Waals surface area contributed by atoms with Gasteiger partial charge in [-0.25, -0.2) is 0 Å². The highest BCUT2D eigenvalue weighted by Crippen LogP contribution is 2.20. The van der Waals surface area contributed by atoms with Crippen LogP contribution < -0.4 is 10.1 Å². The van der Waals surface area contributed by atoms with Crippen molar-refractivity contribution in [1.82, 2.24) is 5.32 Å². The molecule has 0 saturated heterocycles. The van der Waals surface area contributed by atoms with Gasteiger partial charge in [0.05, 0.1) is 7.11 Å². The number of benzene rings is 1. The van der Waals surface area contributed by atoms with E-state index in [1.807, 2.05) is 6.92 Å². The van der Waals surface area contributed by atoms with E-state index in [4.69, 9.17) is 4.74 Å². The van der Waals surface area contributed by atoms with Crippen molar-refractivity contribution < 1.29 is 14.3 Å². The first-order chi connectivity index (χ1) is 9.61. The SMILES string of the molecule is COc1ccc(C(=O)C(=O)NC2CCCCC2)cc1C. The summed E-state index contributed by atoms with van der Waals surface area (Å²) in [4.78, 5) is 24.1. The van der Waals surface area contributed by atoms with E-state index >= 15 is 0 Å². The smallest absolute Gasteiger partial charge is 0.292 e. The minimum atomic E-state index is -0.499. The van der Waals surface area contributed by atoms with Crippen LogP contribution in [0.2, 0.25) is 0 Å². The molecule has 0 aromatic heterocycles. The summed E-state index contributed by atoms with van der Waals surface area (Å²) in [6.45, 7) is 1.86. The molecule has 4 heteroatoms. The van der Waals surface area contributed by atoms with Crippen molar-refractivity contribution in [3.63, 3.8) is 0 Å². The van der Waals surface area contributed by atoms with Crippen LogP contribution in [0.3, 0.4) is 0 Å². The maximum Gasteiger partial charge on any atom is 0.292 e. The highest BCUT2D eigenvalue weighted by Gasteiger charge is 2.21. The Hall–Kier alpha value is -1.84. The fourth-order valence-electron chi connectivity index (χ4n) is 2.65. The lowest BCUT2D eigenvalue weighted by Gasteiger charge is -2.22. The standard InChI is InChI=1S/C16H21NO3/c1-11-10-12(8-9-14(11)20-2)15(18)16(19)17-13-6-4-3-5-7-13/h8-10,13H,3-7H2,1-2H3,(H,17,19). The van der Waals surface area contributed by atoms with Crippen molar-refractivity contribution in [3.05, 3.63) is 29.3 Å². The monoisotopic (exact) mass is 275 g/mol. The molecule has 1 amide bonds. The van der Waals surface area contributed by atoms with Crippen LogP contribution in [0.1, 0.15) is 48.0 Å². The predicted molar refractivity (Wildman–Crippen MR) is 77.1 cm³/mol. The number of methoxy groups -OCH3 is 1. The van der Waals surface area contributed by atoms with Crippen LogP contribution in [0.4, 0.5) is 0 Å². The van der Waals surface area contributed by atoms with Crippen LogP contribution in [-0.4, -0.2) is 24.8 Å². The van der Waals surface area contributed by atoms with Gasteiger partial charge >= 0.3 is 0 Å². The molecule has 0 aliphatic heterocycles. The Kier molecular flexibility index (Phi) is 4.77. The van der Waals surface area contributed by atoms with Gasteiger partial charge in [0, 0.05) is 11.6 Å². The molecule has 1 aliphatic rings. The van der Waals surface area contributed by atoms with Gasteiger partial charge in [0.25, 0.3) is 5.91 Å². The lowest BCUT2D eigenvalue weighted by atomic mass is 9.95. The normalized spacial score (nSPS) is 15.7. The second-order valence-electron chi connectivity index (χ2n) is 5.32. The molecule has 1 aromatic carbocycles. The Morgan fingerprint density at radius 3 is 2.50 bits per heavy atom. The van der Waals surface area contributed by atoms with Crippen molar-refractivity contribution in [1.29, 1.82) is 0 Å². The van der Waals surface area contributed by atoms with Crippen LogP contribution in [0.5, 0.6) is 5.75 Å². The summed E-state index contributed by atoms with van der Waals surface area (Å²) in [5.41, 5.74) is 1.26. The van der Waals surface area contributed by atoms with Crippen molar-refractivity contribution >= 4 is 11.7 Å². The van der Waals surface area contributed by atoms with E-state index in [-0.39, 0.29) is 6.04 Å². The molecule has 1 fully saturated rings. The quantitative estimate of drug-likeness (QED) is 0.679. The average Bonchev–Trinajstić information content (AvgIpc) is 2.47. The van der Waals surface area contributed by atoms with Gasteiger partial charge in [0.2, 0.25) is 5.78 Å². The molecule has 0 bridgehead atoms. The number of hydrogen-bond acceptors (Lipinski definition) is 3. The van der Waals surface area contributed by atoms with Gasteiger partial charge in [0.15, 0.2) is 0 Å². The number of ketones is 1. The number of hydrogen-bond donors (Lipinski definition) is 1. The van der Waals surface area contributed by atoms with E-state index in [0.717, 1.165) is 31.2 Å². The number of amides is 1. The minimum absolute atomic E-state index is 0.152. The van der Waals surface area contributed by atoms with E-state index in [9.17, 15) is 9.59 Å². The van der Waals surface area contributed by atoms with Crippen molar-refractivity contribution in [2.24, 2.45) is 0 Å². The van der Waals surface area contributed by atoms with Crippen LogP contribution in [-0.2, 0) is 4.79 Å². The molecule has 4 nitrogen and oxygen atoms in total. The van der Waals surface area contributed by atoms with E-state index in [2.05, 4.69) is 5.32 Å². The molecule has 0 unspecified atom stereocenters. The zero-order valence-electron chi connectivity index (χ0n) is 12.1. The molecule has 0 spiro atoms. The van der Waals surface area contributed by atoms with Crippen LogP contribution in [0, 0.1) is 6.92 Å². The summed E-state index contributed by atoms with van der Waals surface area (Å²) in [5.74, 6) is -0.253. The number of ether oxygens (including phenoxy) is 1. The number of Topliss-reactive ketones (excluding diaryl/α,β-unsaturated/α-hetero) is 1. The maximum atomic E-state index is 12.1. The summed E-state index contributed by atoms with van der Waals surface area (Å²) in [6, 6.07) is 5.20. The second-order valence-corrected chi connectivity index (χ2v) is 5.32. The summed E-state index contributed by atoms with van der Waals surface area (Å²) in [5, 5.41) is 2.85. The maximum absolute atomic E-state index is 12.1. The van der Waals surface area contributed by atoms with Crippen LogP contribution in [0.25, 0.3) is 0 Å². The average molecular weight is 275 g/mol. The number of aryl methyl sites for hydroxylation is 1. The lowest BCUT2D eigenvalue weighted by Crippen LogP contribution is -2.40. The number of carbonyl (C=O) groups excluding carboxylic acids is 2. The van der Waals surface area contributed by atoms with Crippen molar-refractivity contribution in [2.45, 2.75) is 45.1 Å². The Morgan fingerprint density at radius 2 is 1.90 bits per heavy atom. The molecule has 2 rings (SSSR count). The molecule has 1 N–H and O–H groups in total. The topological polar surface area (TPSA) is 55.4 Å². The van der Waals surface area contributed by atoms with E-state index in [0.29, 0.717) is 11.3 Å². The van der Waals surface area contributed by atoms with E-state index in [1.165, 1.54) is 6.42 Å². The molecule has 0 radical (unpaired) electrons. The third-order valence-corrected chi connectivity index (χ3v) is 3.80. The highest BCUT2D eigenvalue weighted by molar-refractivity contribution is 6.42. The van der Waals surface area contributed by atoms with Gasteiger partial charge in [-0.15, -0.1) is 0 Å². The van der Waals surface area contributed by atoms with E-state index < -0.39 is 11.7 Å². The zero-order chi connectivity index (χ0) is 14.5. The summed E-state index contributed by atoms with van der Waals surface area (Å²) in [7, 11) is 1.58. The first kappa shape index (κ1) is 14.6.